The Kier molecular flexibility index (Phi) is 3.21. The molecule has 0 aliphatic carbocycles. The third-order valence-corrected chi connectivity index (χ3v) is 2.61. The van der Waals surface area contributed by atoms with E-state index in [4.69, 9.17) is 0 Å². The fraction of sp³-hybridized carbons (Fsp3) is 0.600. The second-order valence-electron chi connectivity index (χ2n) is 3.99. The Labute approximate surface area is 94.4 Å². The Morgan fingerprint density at radius 3 is 3.00 bits per heavy atom. The second-order valence-corrected chi connectivity index (χ2v) is 3.99. The van der Waals surface area contributed by atoms with Crippen LogP contribution in [-0.4, -0.2) is 41.4 Å². The molecule has 1 unspecified atom stereocenters. The van der Waals surface area contributed by atoms with Crippen molar-refractivity contribution >= 4 is 11.7 Å². The van der Waals surface area contributed by atoms with Crippen molar-refractivity contribution < 1.29 is 4.79 Å². The lowest BCUT2D eigenvalue weighted by atomic mass is 10.2. The van der Waals surface area contributed by atoms with Gasteiger partial charge in [-0.3, -0.25) is 9.48 Å². The molecular weight excluding hydrogens is 206 g/mol. The van der Waals surface area contributed by atoms with E-state index >= 15 is 0 Å². The predicted molar refractivity (Wildman–Crippen MR) is 61.2 cm³/mol. The fourth-order valence-electron chi connectivity index (χ4n) is 1.78. The van der Waals surface area contributed by atoms with Crippen LogP contribution in [0.25, 0.3) is 0 Å². The van der Waals surface area contributed by atoms with Crippen molar-refractivity contribution in [1.82, 2.24) is 20.4 Å². The zero-order valence-corrected chi connectivity index (χ0v) is 9.58. The van der Waals surface area contributed by atoms with Crippen molar-refractivity contribution in [3.8, 4) is 0 Å². The number of rotatable bonds is 2. The van der Waals surface area contributed by atoms with Crippen molar-refractivity contribution in [2.45, 2.75) is 13.0 Å². The molecule has 2 heterocycles. The lowest BCUT2D eigenvalue weighted by Gasteiger charge is -2.23. The van der Waals surface area contributed by atoms with Crippen molar-refractivity contribution in [3.63, 3.8) is 0 Å². The molecule has 0 radical (unpaired) electrons. The Bertz CT molecular complexity index is 381. The lowest BCUT2D eigenvalue weighted by Crippen LogP contribution is -2.54. The summed E-state index contributed by atoms with van der Waals surface area (Å²) in [5.74, 6) is 0.713. The van der Waals surface area contributed by atoms with Crippen LogP contribution in [0.3, 0.4) is 0 Å². The largest absolute Gasteiger partial charge is 0.313 e. The minimum Gasteiger partial charge on any atom is -0.313 e. The average molecular weight is 223 g/mol. The van der Waals surface area contributed by atoms with Gasteiger partial charge in [-0.15, -0.1) is 0 Å². The van der Waals surface area contributed by atoms with Crippen LogP contribution < -0.4 is 16.0 Å². The van der Waals surface area contributed by atoms with Gasteiger partial charge in [0.2, 0.25) is 5.91 Å². The fourth-order valence-corrected chi connectivity index (χ4v) is 1.78. The van der Waals surface area contributed by atoms with Crippen LogP contribution in [0.1, 0.15) is 5.69 Å². The number of carbonyl (C=O) groups is 1. The summed E-state index contributed by atoms with van der Waals surface area (Å²) in [4.78, 5) is 11.9. The van der Waals surface area contributed by atoms with E-state index in [-0.39, 0.29) is 11.9 Å². The quantitative estimate of drug-likeness (QED) is 0.615. The topological polar surface area (TPSA) is 71.0 Å². The van der Waals surface area contributed by atoms with Gasteiger partial charge in [-0.25, -0.2) is 0 Å². The molecule has 6 heteroatoms. The first kappa shape index (κ1) is 11.1. The number of aryl methyl sites for hydroxylation is 2. The number of nitrogens with one attached hydrogen (secondary N) is 3. The molecule has 1 atom stereocenters. The van der Waals surface area contributed by atoms with Crippen LogP contribution in [0.5, 0.6) is 0 Å². The summed E-state index contributed by atoms with van der Waals surface area (Å²) in [6.45, 7) is 4.30. The summed E-state index contributed by atoms with van der Waals surface area (Å²) < 4.78 is 1.67. The van der Waals surface area contributed by atoms with Crippen LogP contribution in [0.4, 0.5) is 5.82 Å². The maximum absolute atomic E-state index is 11.9. The van der Waals surface area contributed by atoms with Gasteiger partial charge in [0.1, 0.15) is 5.82 Å². The van der Waals surface area contributed by atoms with E-state index in [1.807, 2.05) is 20.0 Å². The number of amides is 1. The molecule has 1 saturated heterocycles. The van der Waals surface area contributed by atoms with Crippen LogP contribution in [0.15, 0.2) is 6.07 Å². The van der Waals surface area contributed by atoms with E-state index in [2.05, 4.69) is 21.0 Å². The summed E-state index contributed by atoms with van der Waals surface area (Å²) in [7, 11) is 1.81. The number of anilines is 1. The van der Waals surface area contributed by atoms with Gasteiger partial charge in [-0.2, -0.15) is 5.10 Å². The molecule has 1 fully saturated rings. The molecule has 1 aromatic rings. The highest BCUT2D eigenvalue weighted by Crippen LogP contribution is 2.08. The highest BCUT2D eigenvalue weighted by atomic mass is 16.2. The normalized spacial score (nSPS) is 20.8. The molecule has 1 aliphatic heterocycles. The molecule has 0 bridgehead atoms. The van der Waals surface area contributed by atoms with E-state index in [0.29, 0.717) is 6.54 Å². The molecule has 3 N–H and O–H groups in total. The van der Waals surface area contributed by atoms with Gasteiger partial charge >= 0.3 is 0 Å². The van der Waals surface area contributed by atoms with E-state index < -0.39 is 0 Å². The third kappa shape index (κ3) is 2.40. The van der Waals surface area contributed by atoms with Gasteiger partial charge in [0, 0.05) is 32.7 Å². The average Bonchev–Trinajstić information content (AvgIpc) is 2.59. The molecule has 2 rings (SSSR count). The summed E-state index contributed by atoms with van der Waals surface area (Å²) >= 11 is 0. The molecule has 0 spiro atoms. The van der Waals surface area contributed by atoms with Gasteiger partial charge in [-0.1, -0.05) is 0 Å². The van der Waals surface area contributed by atoms with E-state index in [1.165, 1.54) is 0 Å². The highest BCUT2D eigenvalue weighted by Gasteiger charge is 2.20. The number of nitrogens with zero attached hydrogens (tertiary/aromatic N) is 2. The molecule has 88 valence electrons. The molecule has 1 aliphatic rings. The van der Waals surface area contributed by atoms with E-state index in [0.717, 1.165) is 24.6 Å². The first-order chi connectivity index (χ1) is 7.66. The second kappa shape index (κ2) is 4.63. The number of carbonyl (C=O) groups excluding carboxylic acids is 1. The molecule has 0 aromatic carbocycles. The molecule has 1 amide bonds. The summed E-state index contributed by atoms with van der Waals surface area (Å²) in [6, 6.07) is 1.69. The first-order valence-electron chi connectivity index (χ1n) is 5.42. The molecule has 0 saturated carbocycles. The van der Waals surface area contributed by atoms with Gasteiger partial charge in [0.15, 0.2) is 0 Å². The lowest BCUT2D eigenvalue weighted by molar-refractivity contribution is -0.118. The van der Waals surface area contributed by atoms with Gasteiger partial charge < -0.3 is 16.0 Å². The van der Waals surface area contributed by atoms with Gasteiger partial charge in [-0.05, 0) is 6.92 Å². The third-order valence-electron chi connectivity index (χ3n) is 2.61. The number of piperazine rings is 1. The Hall–Kier alpha value is -1.40. The Morgan fingerprint density at radius 1 is 1.62 bits per heavy atom. The van der Waals surface area contributed by atoms with Crippen LogP contribution in [0, 0.1) is 6.92 Å². The molecule has 1 aromatic heterocycles. The van der Waals surface area contributed by atoms with E-state index in [1.54, 1.807) is 4.68 Å². The maximum Gasteiger partial charge on any atom is 0.243 e. The van der Waals surface area contributed by atoms with E-state index in [9.17, 15) is 4.79 Å². The zero-order chi connectivity index (χ0) is 11.5. The zero-order valence-electron chi connectivity index (χ0n) is 9.58. The SMILES string of the molecule is Cc1cc(NC(=O)C2CNCCN2)n(C)n1. The van der Waals surface area contributed by atoms with Crippen molar-refractivity contribution in [1.29, 1.82) is 0 Å². The van der Waals surface area contributed by atoms with Crippen LogP contribution >= 0.6 is 0 Å². The number of hydrogen-bond donors (Lipinski definition) is 3. The predicted octanol–water partition coefficient (Wildman–Crippen LogP) is -0.772. The van der Waals surface area contributed by atoms with Crippen LogP contribution in [0.2, 0.25) is 0 Å². The monoisotopic (exact) mass is 223 g/mol. The smallest absolute Gasteiger partial charge is 0.243 e. The summed E-state index contributed by atoms with van der Waals surface area (Å²) in [5.41, 5.74) is 0.896. The van der Waals surface area contributed by atoms with Gasteiger partial charge in [0.25, 0.3) is 0 Å². The van der Waals surface area contributed by atoms with Gasteiger partial charge in [0.05, 0.1) is 11.7 Å². The van der Waals surface area contributed by atoms with Crippen LogP contribution in [-0.2, 0) is 11.8 Å². The number of hydrogen-bond acceptors (Lipinski definition) is 4. The first-order valence-corrected chi connectivity index (χ1v) is 5.42. The maximum atomic E-state index is 11.9. The standard InChI is InChI=1S/C10H17N5O/c1-7-5-9(15(2)14-7)13-10(16)8-6-11-3-4-12-8/h5,8,11-12H,3-4,6H2,1-2H3,(H,13,16). The summed E-state index contributed by atoms with van der Waals surface area (Å²) in [5, 5.41) is 13.4. The molecule has 16 heavy (non-hydrogen) atoms. The minimum atomic E-state index is -0.163. The Morgan fingerprint density at radius 2 is 2.44 bits per heavy atom. The van der Waals surface area contributed by atoms with Crippen molar-refractivity contribution in [2.24, 2.45) is 7.05 Å². The minimum absolute atomic E-state index is 0.0183. The molecular formula is C10H17N5O. The highest BCUT2D eigenvalue weighted by molar-refractivity contribution is 5.94. The summed E-state index contributed by atoms with van der Waals surface area (Å²) in [6.07, 6.45) is 0. The van der Waals surface area contributed by atoms with Crippen molar-refractivity contribution in [2.75, 3.05) is 25.0 Å². The van der Waals surface area contributed by atoms with Crippen molar-refractivity contribution in [3.05, 3.63) is 11.8 Å². The molecule has 6 nitrogen and oxygen atoms in total. The number of aromatic nitrogens is 2. The Balaban J connectivity index is 1.98.